The third-order valence-corrected chi connectivity index (χ3v) is 1.69. The van der Waals surface area contributed by atoms with E-state index in [0.717, 1.165) is 0 Å². The van der Waals surface area contributed by atoms with E-state index in [2.05, 4.69) is 0 Å². The Morgan fingerprint density at radius 3 is 1.19 bits per heavy atom. The molecule has 0 aliphatic carbocycles. The molecule has 0 saturated carbocycles. The topological polar surface area (TPSA) is 77.4 Å². The first-order chi connectivity index (χ1) is 9.09. The van der Waals surface area contributed by atoms with Gasteiger partial charge in [0.25, 0.3) is 0 Å². The van der Waals surface area contributed by atoms with Gasteiger partial charge in [-0.05, 0) is 0 Å². The minimum Gasteiger partial charge on any atom is -0.542 e. The van der Waals surface area contributed by atoms with Gasteiger partial charge in [-0.2, -0.15) is 26.3 Å². The first-order valence-corrected chi connectivity index (χ1v) is 4.94. The molecular weight excluding hydrogens is 326 g/mol. The number of carbonyl (C=O) groups is 2. The van der Waals surface area contributed by atoms with Crippen LogP contribution in [-0.4, -0.2) is 47.4 Å². The number of carboxylic acids is 2. The summed E-state index contributed by atoms with van der Waals surface area (Å²) in [5.41, 5.74) is 0. The van der Waals surface area contributed by atoms with E-state index in [1.165, 1.54) is 0 Å². The molecule has 0 atom stereocenters. The summed E-state index contributed by atoms with van der Waals surface area (Å²) in [4.78, 5) is 15.9. The zero-order chi connectivity index (χ0) is 17.5. The molecule has 1 aliphatic rings. The zero-order valence-electron chi connectivity index (χ0n) is 9.97. The predicted molar refractivity (Wildman–Crippen MR) is 46.2 cm³/mol. The van der Waals surface area contributed by atoms with Gasteiger partial charge in [0.2, 0.25) is 0 Å². The lowest BCUT2D eigenvalue weighted by molar-refractivity contribution is -1.16. The highest BCUT2D eigenvalue weighted by Crippen LogP contribution is 2.19. The van der Waals surface area contributed by atoms with Gasteiger partial charge in [0, 0.05) is 21.8 Å². The van der Waals surface area contributed by atoms with Gasteiger partial charge in [0.15, 0.2) is 13.1 Å². The lowest BCUT2D eigenvalue weighted by atomic mass is 10.4. The molecular formula is C8H9F8NO4. The number of hydrogen-bond donors (Lipinski definition) is 1. The van der Waals surface area contributed by atoms with Crippen molar-refractivity contribution < 1.29 is 60.0 Å². The molecule has 1 rings (SSSR count). The van der Waals surface area contributed by atoms with Gasteiger partial charge in [-0.1, -0.05) is 0 Å². The Morgan fingerprint density at radius 1 is 0.905 bits per heavy atom. The van der Waals surface area contributed by atoms with Crippen molar-refractivity contribution in [2.24, 2.45) is 0 Å². The maximum Gasteiger partial charge on any atom is 0.490 e. The molecule has 126 valence electrons. The Morgan fingerprint density at radius 2 is 1.14 bits per heavy atom. The zero-order valence-corrected chi connectivity index (χ0v) is 9.97. The van der Waals surface area contributed by atoms with Crippen molar-refractivity contribution in [2.75, 3.05) is 13.1 Å². The van der Waals surface area contributed by atoms with Gasteiger partial charge >= 0.3 is 18.3 Å². The normalized spacial score (nSPS) is 17.0. The van der Waals surface area contributed by atoms with Crippen molar-refractivity contribution in [1.82, 2.24) is 0 Å². The average molecular weight is 335 g/mol. The van der Waals surface area contributed by atoms with Crippen LogP contribution < -0.4 is 5.11 Å². The minimum atomic E-state index is -5.19. The number of rotatable bonds is 0. The average Bonchev–Trinajstić information content (AvgIpc) is 2.61. The highest BCUT2D eigenvalue weighted by Gasteiger charge is 2.38. The summed E-state index contributed by atoms with van der Waals surface area (Å²) in [5.74, 6) is -5.76. The smallest absolute Gasteiger partial charge is 0.490 e. The number of alkyl halides is 6. The van der Waals surface area contributed by atoms with Gasteiger partial charge in [-0.15, -0.1) is 0 Å². The number of nitrogens with zero attached hydrogens (tertiary/aromatic N) is 1. The van der Waals surface area contributed by atoms with Crippen molar-refractivity contribution in [3.05, 3.63) is 0 Å². The fourth-order valence-electron chi connectivity index (χ4n) is 0.798. The van der Waals surface area contributed by atoms with Gasteiger partial charge < -0.3 is 15.0 Å². The van der Waals surface area contributed by atoms with Crippen LogP contribution in [0.3, 0.4) is 0 Å². The van der Waals surface area contributed by atoms with E-state index >= 15 is 0 Å². The number of hydrogen-bond acceptors (Lipinski definition) is 3. The van der Waals surface area contributed by atoms with E-state index in [1.807, 2.05) is 0 Å². The van der Waals surface area contributed by atoms with Crippen LogP contribution in [0.5, 0.6) is 0 Å². The molecule has 0 aromatic carbocycles. The summed E-state index contributed by atoms with van der Waals surface area (Å²) in [7, 11) is 0. The summed E-state index contributed by atoms with van der Waals surface area (Å²) in [6, 6.07) is 0. The standard InChI is InChI=1S/C4H8F2N.2C2HF3O2/c5-7(6)3-1-2-4-7;2*3-2(4,5)1(6)7/h1-4H2;2*(H,6,7)/q+1;;/p-1. The third kappa shape index (κ3) is 13.1. The fourth-order valence-corrected chi connectivity index (χ4v) is 0.798. The van der Waals surface area contributed by atoms with Crippen molar-refractivity contribution >= 4 is 11.9 Å². The van der Waals surface area contributed by atoms with Gasteiger partial charge in [0.05, 0.1) is 4.93 Å². The van der Waals surface area contributed by atoms with Crippen LogP contribution in [0.25, 0.3) is 0 Å². The molecule has 0 radical (unpaired) electrons. The van der Waals surface area contributed by atoms with E-state index in [0.29, 0.717) is 12.8 Å². The number of halogens is 8. The second-order valence-electron chi connectivity index (χ2n) is 3.51. The molecule has 0 unspecified atom stereocenters. The molecule has 13 heteroatoms. The van der Waals surface area contributed by atoms with E-state index in [9.17, 15) is 35.3 Å². The molecule has 1 saturated heterocycles. The second-order valence-corrected chi connectivity index (χ2v) is 3.51. The summed E-state index contributed by atoms with van der Waals surface area (Å²) in [5, 5.41) is 15.9. The number of carboxylic acid groups (broad SMARTS) is 2. The Bertz CT molecular complexity index is 319. The molecule has 1 fully saturated rings. The van der Waals surface area contributed by atoms with Crippen molar-refractivity contribution in [2.45, 2.75) is 25.2 Å². The first kappa shape index (κ1) is 21.6. The maximum atomic E-state index is 11.9. The highest BCUT2D eigenvalue weighted by atomic mass is 19.4. The number of quaternary nitrogens is 1. The molecule has 0 spiro atoms. The lowest BCUT2D eigenvalue weighted by Crippen LogP contribution is -2.37. The van der Waals surface area contributed by atoms with Crippen LogP contribution in [0.1, 0.15) is 12.8 Å². The Balaban J connectivity index is 0. The van der Waals surface area contributed by atoms with Crippen molar-refractivity contribution in [3.8, 4) is 0 Å². The van der Waals surface area contributed by atoms with E-state index in [4.69, 9.17) is 19.8 Å². The van der Waals surface area contributed by atoms with Crippen molar-refractivity contribution in [1.29, 1.82) is 0 Å². The van der Waals surface area contributed by atoms with Crippen LogP contribution in [0.2, 0.25) is 0 Å². The summed E-state index contributed by atoms with van der Waals surface area (Å²) < 4.78 is 87.0. The molecule has 1 heterocycles. The molecule has 21 heavy (non-hydrogen) atoms. The maximum absolute atomic E-state index is 11.9. The molecule has 0 aromatic rings. The molecule has 1 N–H and O–H groups in total. The largest absolute Gasteiger partial charge is 0.542 e. The Hall–Kier alpha value is -1.66. The van der Waals surface area contributed by atoms with E-state index < -0.39 is 29.2 Å². The summed E-state index contributed by atoms with van der Waals surface area (Å²) >= 11 is 0. The van der Waals surface area contributed by atoms with Crippen LogP contribution in [0.4, 0.5) is 35.3 Å². The van der Waals surface area contributed by atoms with Gasteiger partial charge in [-0.3, -0.25) is 0 Å². The van der Waals surface area contributed by atoms with Gasteiger partial charge in [0.1, 0.15) is 5.97 Å². The number of aliphatic carboxylic acids is 2. The highest BCUT2D eigenvalue weighted by molar-refractivity contribution is 5.73. The second kappa shape index (κ2) is 7.95. The molecule has 5 nitrogen and oxygen atoms in total. The SMILES string of the molecule is F[N+]1(F)CCCC1.O=C(O)C(F)(F)F.O=C([O-])C(F)(F)F. The quantitative estimate of drug-likeness (QED) is 0.535. The predicted octanol–water partition coefficient (Wildman–Crippen LogP) is 1.30. The lowest BCUT2D eigenvalue weighted by Gasteiger charge is -2.03. The fraction of sp³-hybridized carbons (Fsp3) is 0.750. The van der Waals surface area contributed by atoms with Crippen molar-refractivity contribution in [3.63, 3.8) is 0 Å². The molecule has 0 amide bonds. The first-order valence-electron chi connectivity index (χ1n) is 4.94. The van der Waals surface area contributed by atoms with Crippen LogP contribution in [0.15, 0.2) is 0 Å². The number of carbonyl (C=O) groups excluding carboxylic acids is 1. The summed E-state index contributed by atoms with van der Waals surface area (Å²) in [6.07, 6.45) is -8.90. The third-order valence-electron chi connectivity index (χ3n) is 1.69. The van der Waals surface area contributed by atoms with Crippen LogP contribution in [0, 0.1) is 0 Å². The van der Waals surface area contributed by atoms with E-state index in [-0.39, 0.29) is 13.1 Å². The Labute approximate surface area is 111 Å². The molecule has 1 aliphatic heterocycles. The monoisotopic (exact) mass is 335 g/mol. The van der Waals surface area contributed by atoms with E-state index in [1.54, 1.807) is 0 Å². The summed E-state index contributed by atoms with van der Waals surface area (Å²) in [6.45, 7) is 0.111. The molecule has 0 aromatic heterocycles. The van der Waals surface area contributed by atoms with Gasteiger partial charge in [-0.25, -0.2) is 4.79 Å². The minimum absolute atomic E-state index is 0.0556. The van der Waals surface area contributed by atoms with Crippen LogP contribution >= 0.6 is 0 Å². The van der Waals surface area contributed by atoms with Crippen LogP contribution in [-0.2, 0) is 9.59 Å². The Kier molecular flexibility index (Phi) is 8.19. The molecule has 0 bridgehead atoms.